The van der Waals surface area contributed by atoms with Crippen molar-refractivity contribution in [3.8, 4) is 5.75 Å². The fraction of sp³-hybridized carbons (Fsp3) is 0.0833. The number of pyridine rings is 1. The number of hydrogen-bond acceptors (Lipinski definition) is 3. The maximum absolute atomic E-state index is 5.60. The minimum Gasteiger partial charge on any atom is -0.489 e. The molecule has 0 saturated heterocycles. The maximum Gasteiger partial charge on any atom is 0.123 e. The van der Waals surface area contributed by atoms with E-state index < -0.39 is 0 Å². The molecule has 0 spiro atoms. The molecule has 0 fully saturated rings. The topological polar surface area (TPSA) is 48.1 Å². The highest BCUT2D eigenvalue weighted by atomic mass is 127. The van der Waals surface area contributed by atoms with Crippen LogP contribution in [0, 0.1) is 3.57 Å². The molecular formula is C12H11IN2O. The van der Waals surface area contributed by atoms with Crippen LogP contribution in [0.15, 0.2) is 42.6 Å². The van der Waals surface area contributed by atoms with Crippen LogP contribution >= 0.6 is 22.6 Å². The predicted molar refractivity (Wildman–Crippen MR) is 72.1 cm³/mol. The second kappa shape index (κ2) is 5.16. The van der Waals surface area contributed by atoms with Gasteiger partial charge in [-0.3, -0.25) is 0 Å². The van der Waals surface area contributed by atoms with Crippen molar-refractivity contribution >= 4 is 28.4 Å². The molecule has 0 aliphatic heterocycles. The molecule has 4 heteroatoms. The summed E-state index contributed by atoms with van der Waals surface area (Å²) < 4.78 is 6.80. The lowest BCUT2D eigenvalue weighted by Gasteiger charge is -2.06. The molecule has 2 N–H and O–H groups in total. The molecule has 82 valence electrons. The summed E-state index contributed by atoms with van der Waals surface area (Å²) in [5.41, 5.74) is 6.51. The first-order valence-electron chi connectivity index (χ1n) is 4.83. The van der Waals surface area contributed by atoms with Crippen molar-refractivity contribution in [1.82, 2.24) is 4.98 Å². The highest BCUT2D eigenvalue weighted by Crippen LogP contribution is 2.15. The van der Waals surface area contributed by atoms with Crippen molar-refractivity contribution in [3.05, 3.63) is 51.7 Å². The zero-order chi connectivity index (χ0) is 11.4. The third-order valence-electron chi connectivity index (χ3n) is 2.07. The van der Waals surface area contributed by atoms with E-state index in [4.69, 9.17) is 10.5 Å². The van der Waals surface area contributed by atoms with Crippen LogP contribution in [0.25, 0.3) is 0 Å². The molecule has 1 heterocycles. The predicted octanol–water partition coefficient (Wildman–Crippen LogP) is 2.85. The molecule has 0 bridgehead atoms. The van der Waals surface area contributed by atoms with E-state index in [1.54, 1.807) is 12.3 Å². The molecule has 0 aliphatic rings. The highest BCUT2D eigenvalue weighted by Gasteiger charge is 1.96. The van der Waals surface area contributed by atoms with Gasteiger partial charge in [0.25, 0.3) is 0 Å². The molecule has 0 radical (unpaired) electrons. The van der Waals surface area contributed by atoms with Gasteiger partial charge in [-0.1, -0.05) is 6.07 Å². The number of rotatable bonds is 3. The Morgan fingerprint density at radius 1 is 1.12 bits per heavy atom. The second-order valence-corrected chi connectivity index (χ2v) is 4.58. The summed E-state index contributed by atoms with van der Waals surface area (Å²) in [6, 6.07) is 11.6. The average Bonchev–Trinajstić information content (AvgIpc) is 2.30. The van der Waals surface area contributed by atoms with Crippen molar-refractivity contribution in [2.45, 2.75) is 6.61 Å². The van der Waals surface area contributed by atoms with Crippen LogP contribution in [0.3, 0.4) is 0 Å². The Kier molecular flexibility index (Phi) is 3.61. The van der Waals surface area contributed by atoms with Gasteiger partial charge in [0, 0.05) is 15.3 Å². The summed E-state index contributed by atoms with van der Waals surface area (Å²) in [6.45, 7) is 0.508. The normalized spacial score (nSPS) is 10.1. The van der Waals surface area contributed by atoms with Crippen LogP contribution in [0.5, 0.6) is 5.75 Å². The van der Waals surface area contributed by atoms with E-state index in [1.807, 2.05) is 30.3 Å². The maximum atomic E-state index is 5.60. The van der Waals surface area contributed by atoms with Gasteiger partial charge in [0.1, 0.15) is 18.2 Å². The Hall–Kier alpha value is -1.30. The van der Waals surface area contributed by atoms with Crippen molar-refractivity contribution < 1.29 is 4.74 Å². The molecular weight excluding hydrogens is 315 g/mol. The van der Waals surface area contributed by atoms with E-state index in [1.165, 1.54) is 3.57 Å². The number of hydrogen-bond donors (Lipinski definition) is 1. The van der Waals surface area contributed by atoms with Crippen LogP contribution in [-0.2, 0) is 6.61 Å². The van der Waals surface area contributed by atoms with Crippen LogP contribution in [-0.4, -0.2) is 4.98 Å². The molecule has 2 rings (SSSR count). The third kappa shape index (κ3) is 3.10. The average molecular weight is 326 g/mol. The summed E-state index contributed by atoms with van der Waals surface area (Å²) in [5.74, 6) is 1.38. The molecule has 2 aromatic rings. The largest absolute Gasteiger partial charge is 0.489 e. The van der Waals surface area contributed by atoms with Gasteiger partial charge in [0.2, 0.25) is 0 Å². The lowest BCUT2D eigenvalue weighted by atomic mass is 10.3. The number of aromatic nitrogens is 1. The Bertz CT molecular complexity index is 408. The molecule has 0 aliphatic carbocycles. The summed E-state index contributed by atoms with van der Waals surface area (Å²) in [4.78, 5) is 4.00. The fourth-order valence-corrected chi connectivity index (χ4v) is 1.58. The van der Waals surface area contributed by atoms with E-state index in [-0.39, 0.29) is 0 Å². The van der Waals surface area contributed by atoms with Crippen molar-refractivity contribution in [3.63, 3.8) is 0 Å². The minimum atomic E-state index is 0.508. The zero-order valence-corrected chi connectivity index (χ0v) is 10.7. The quantitative estimate of drug-likeness (QED) is 0.883. The Labute approximate surface area is 108 Å². The van der Waals surface area contributed by atoms with Gasteiger partial charge in [0.05, 0.1) is 0 Å². The van der Waals surface area contributed by atoms with Gasteiger partial charge in [0.15, 0.2) is 0 Å². The zero-order valence-electron chi connectivity index (χ0n) is 8.56. The van der Waals surface area contributed by atoms with Crippen LogP contribution < -0.4 is 10.5 Å². The van der Waals surface area contributed by atoms with Gasteiger partial charge in [-0.05, 0) is 52.9 Å². The SMILES string of the molecule is Nc1ccc(COc2ccc(I)cc2)cn1. The van der Waals surface area contributed by atoms with Crippen molar-refractivity contribution in [2.24, 2.45) is 0 Å². The number of nitrogens with zero attached hydrogens (tertiary/aromatic N) is 1. The van der Waals surface area contributed by atoms with Gasteiger partial charge < -0.3 is 10.5 Å². The molecule has 0 unspecified atom stereocenters. The summed E-state index contributed by atoms with van der Waals surface area (Å²) in [5, 5.41) is 0. The van der Waals surface area contributed by atoms with Gasteiger partial charge >= 0.3 is 0 Å². The number of benzene rings is 1. The summed E-state index contributed by atoms with van der Waals surface area (Å²) in [7, 11) is 0. The molecule has 0 saturated carbocycles. The standard InChI is InChI=1S/C12H11IN2O/c13-10-2-4-11(5-3-10)16-8-9-1-6-12(14)15-7-9/h1-7H,8H2,(H2,14,15). The number of anilines is 1. The third-order valence-corrected chi connectivity index (χ3v) is 2.79. The van der Waals surface area contributed by atoms with Crippen LogP contribution in [0.1, 0.15) is 5.56 Å². The van der Waals surface area contributed by atoms with Gasteiger partial charge in [-0.15, -0.1) is 0 Å². The lowest BCUT2D eigenvalue weighted by Crippen LogP contribution is -1.97. The first-order chi connectivity index (χ1) is 7.74. The smallest absolute Gasteiger partial charge is 0.123 e. The highest BCUT2D eigenvalue weighted by molar-refractivity contribution is 14.1. The second-order valence-electron chi connectivity index (χ2n) is 3.33. The lowest BCUT2D eigenvalue weighted by molar-refractivity contribution is 0.306. The first kappa shape index (κ1) is 11.2. The molecule has 16 heavy (non-hydrogen) atoms. The van der Waals surface area contributed by atoms with E-state index in [0.717, 1.165) is 11.3 Å². The Morgan fingerprint density at radius 2 is 1.88 bits per heavy atom. The van der Waals surface area contributed by atoms with Crippen LogP contribution in [0.2, 0.25) is 0 Å². The first-order valence-corrected chi connectivity index (χ1v) is 5.91. The molecule has 3 nitrogen and oxygen atoms in total. The Morgan fingerprint density at radius 3 is 2.50 bits per heavy atom. The van der Waals surface area contributed by atoms with E-state index in [2.05, 4.69) is 27.6 Å². The summed E-state index contributed by atoms with van der Waals surface area (Å²) >= 11 is 2.26. The van der Waals surface area contributed by atoms with E-state index >= 15 is 0 Å². The summed E-state index contributed by atoms with van der Waals surface area (Å²) in [6.07, 6.45) is 1.72. The number of nitrogens with two attached hydrogens (primary N) is 1. The number of ether oxygens (including phenoxy) is 1. The fourth-order valence-electron chi connectivity index (χ4n) is 1.22. The Balaban J connectivity index is 1.97. The minimum absolute atomic E-state index is 0.508. The van der Waals surface area contributed by atoms with Crippen molar-refractivity contribution in [1.29, 1.82) is 0 Å². The van der Waals surface area contributed by atoms with E-state index in [0.29, 0.717) is 12.4 Å². The number of nitrogen functional groups attached to an aromatic ring is 1. The molecule has 1 aromatic carbocycles. The van der Waals surface area contributed by atoms with Gasteiger partial charge in [-0.2, -0.15) is 0 Å². The van der Waals surface area contributed by atoms with E-state index in [9.17, 15) is 0 Å². The van der Waals surface area contributed by atoms with Gasteiger partial charge in [-0.25, -0.2) is 4.98 Å². The van der Waals surface area contributed by atoms with Crippen molar-refractivity contribution in [2.75, 3.05) is 5.73 Å². The molecule has 0 atom stereocenters. The molecule has 0 amide bonds. The van der Waals surface area contributed by atoms with Crippen LogP contribution in [0.4, 0.5) is 5.82 Å². The molecule has 1 aromatic heterocycles. The monoisotopic (exact) mass is 326 g/mol. The number of halogens is 1.